The Hall–Kier alpha value is -3.71. The SMILES string of the molecule is Cc1cccnc1N1CCN(c2cc(Cl)c(C(=O)NCCCN3CCOC3O)cc2NC(=O)c2coc(C3CC3)n2)CC1. The lowest BCUT2D eigenvalue weighted by atomic mass is 10.1. The maximum absolute atomic E-state index is 13.3. The summed E-state index contributed by atoms with van der Waals surface area (Å²) in [6.45, 7) is 6.96. The Labute approximate surface area is 255 Å². The summed E-state index contributed by atoms with van der Waals surface area (Å²) in [7, 11) is 0. The maximum Gasteiger partial charge on any atom is 0.277 e. The molecule has 0 spiro atoms. The standard InChI is InChI=1S/C30H36ClN7O5/c1-19-4-2-7-32-26(19)37-12-10-36(11-13-37)25-17-22(31)21(27(39)33-8-3-9-38-14-15-42-30(38)41)16-23(25)34-28(40)24-18-43-29(35-24)20-5-6-20/h2,4,7,16-18,20,30,41H,3,5-6,8-15H2,1H3,(H,33,39)(H,34,40). The number of rotatable bonds is 10. The summed E-state index contributed by atoms with van der Waals surface area (Å²) in [6, 6.07) is 7.35. The zero-order valence-electron chi connectivity index (χ0n) is 24.1. The average Bonchev–Trinajstić information content (AvgIpc) is 3.59. The second kappa shape index (κ2) is 12.9. The lowest BCUT2D eigenvalue weighted by Gasteiger charge is -2.38. The van der Waals surface area contributed by atoms with Crippen LogP contribution < -0.4 is 20.4 Å². The predicted octanol–water partition coefficient (Wildman–Crippen LogP) is 3.22. The fourth-order valence-corrected chi connectivity index (χ4v) is 5.70. The zero-order valence-corrected chi connectivity index (χ0v) is 24.8. The van der Waals surface area contributed by atoms with Gasteiger partial charge in [-0.25, -0.2) is 9.97 Å². The lowest BCUT2D eigenvalue weighted by molar-refractivity contribution is -0.133. The van der Waals surface area contributed by atoms with Crippen molar-refractivity contribution in [2.24, 2.45) is 0 Å². The van der Waals surface area contributed by atoms with Crippen LogP contribution in [0.2, 0.25) is 5.02 Å². The molecule has 2 saturated heterocycles. The van der Waals surface area contributed by atoms with E-state index in [4.69, 9.17) is 20.8 Å². The molecule has 2 aromatic heterocycles. The van der Waals surface area contributed by atoms with Gasteiger partial charge in [-0.2, -0.15) is 0 Å². The molecule has 6 rings (SSSR count). The van der Waals surface area contributed by atoms with E-state index in [0.29, 0.717) is 57.3 Å². The summed E-state index contributed by atoms with van der Waals surface area (Å²) >= 11 is 6.69. The average molecular weight is 610 g/mol. The molecule has 1 unspecified atom stereocenters. The second-order valence-corrected chi connectivity index (χ2v) is 11.5. The lowest BCUT2D eigenvalue weighted by Crippen LogP contribution is -2.47. The Morgan fingerprint density at radius 1 is 1.12 bits per heavy atom. The fraction of sp³-hybridized carbons (Fsp3) is 0.467. The summed E-state index contributed by atoms with van der Waals surface area (Å²) in [5.74, 6) is 1.06. The van der Waals surface area contributed by atoms with Crippen molar-refractivity contribution in [1.29, 1.82) is 0 Å². The number of anilines is 3. The predicted molar refractivity (Wildman–Crippen MR) is 162 cm³/mol. The van der Waals surface area contributed by atoms with E-state index in [2.05, 4.69) is 43.4 Å². The van der Waals surface area contributed by atoms with Gasteiger partial charge in [0.1, 0.15) is 12.1 Å². The number of pyridine rings is 1. The molecule has 3 aliphatic rings. The first-order valence-electron chi connectivity index (χ1n) is 14.7. The van der Waals surface area contributed by atoms with Gasteiger partial charge in [0.25, 0.3) is 11.8 Å². The Morgan fingerprint density at radius 2 is 1.91 bits per heavy atom. The molecule has 1 atom stereocenters. The highest BCUT2D eigenvalue weighted by molar-refractivity contribution is 6.34. The molecule has 1 aliphatic carbocycles. The summed E-state index contributed by atoms with van der Waals surface area (Å²) in [4.78, 5) is 41.6. The number of halogens is 1. The molecule has 228 valence electrons. The number of carbonyl (C=O) groups excluding carboxylic acids is 2. The largest absolute Gasteiger partial charge is 0.448 e. The van der Waals surface area contributed by atoms with E-state index >= 15 is 0 Å². The number of aliphatic hydroxyl groups is 1. The molecule has 3 aromatic rings. The van der Waals surface area contributed by atoms with Crippen molar-refractivity contribution in [3.8, 4) is 0 Å². The Morgan fingerprint density at radius 3 is 2.63 bits per heavy atom. The molecule has 12 nitrogen and oxygen atoms in total. The molecule has 43 heavy (non-hydrogen) atoms. The van der Waals surface area contributed by atoms with Crippen molar-refractivity contribution in [2.45, 2.75) is 38.5 Å². The third kappa shape index (κ3) is 6.77. The van der Waals surface area contributed by atoms with E-state index in [1.807, 2.05) is 6.07 Å². The molecule has 0 radical (unpaired) electrons. The van der Waals surface area contributed by atoms with Gasteiger partial charge < -0.3 is 34.7 Å². The number of oxazole rings is 1. The van der Waals surface area contributed by atoms with E-state index in [1.165, 1.54) is 6.26 Å². The van der Waals surface area contributed by atoms with Crippen LogP contribution in [-0.4, -0.2) is 90.6 Å². The van der Waals surface area contributed by atoms with Gasteiger partial charge >= 0.3 is 0 Å². The van der Waals surface area contributed by atoms with Crippen LogP contribution in [0.3, 0.4) is 0 Å². The highest BCUT2D eigenvalue weighted by Gasteiger charge is 2.30. The van der Waals surface area contributed by atoms with Crippen molar-refractivity contribution >= 4 is 40.6 Å². The maximum atomic E-state index is 13.3. The van der Waals surface area contributed by atoms with Gasteiger partial charge in [0, 0.05) is 57.9 Å². The minimum absolute atomic E-state index is 0.192. The van der Waals surface area contributed by atoms with Crippen molar-refractivity contribution < 1.29 is 23.8 Å². The van der Waals surface area contributed by atoms with Gasteiger partial charge in [0.2, 0.25) is 6.41 Å². The summed E-state index contributed by atoms with van der Waals surface area (Å²) in [5, 5.41) is 15.9. The third-order valence-corrected chi connectivity index (χ3v) is 8.34. The minimum atomic E-state index is -0.899. The molecule has 2 aliphatic heterocycles. The number of aromatic nitrogens is 2. The summed E-state index contributed by atoms with van der Waals surface area (Å²) in [6.07, 6.45) is 4.93. The van der Waals surface area contributed by atoms with Crippen molar-refractivity contribution in [3.63, 3.8) is 0 Å². The van der Waals surface area contributed by atoms with Crippen LogP contribution in [0, 0.1) is 6.92 Å². The third-order valence-electron chi connectivity index (χ3n) is 8.03. The number of hydrogen-bond acceptors (Lipinski definition) is 10. The molecule has 13 heteroatoms. The number of benzene rings is 1. The van der Waals surface area contributed by atoms with Crippen molar-refractivity contribution in [3.05, 3.63) is 64.5 Å². The minimum Gasteiger partial charge on any atom is -0.448 e. The molecule has 1 saturated carbocycles. The number of amides is 2. The number of nitrogens with one attached hydrogen (secondary N) is 2. The molecule has 0 bridgehead atoms. The van der Waals surface area contributed by atoms with Crippen LogP contribution >= 0.6 is 11.6 Å². The second-order valence-electron chi connectivity index (χ2n) is 11.1. The first-order chi connectivity index (χ1) is 20.9. The number of aliphatic hydroxyl groups excluding tert-OH is 1. The quantitative estimate of drug-likeness (QED) is 0.294. The van der Waals surface area contributed by atoms with Crippen LogP contribution in [0.15, 0.2) is 41.1 Å². The highest BCUT2D eigenvalue weighted by Crippen LogP contribution is 2.39. The van der Waals surface area contributed by atoms with Crippen LogP contribution in [0.4, 0.5) is 17.2 Å². The molecule has 2 amide bonds. The Kier molecular flexibility index (Phi) is 8.80. The Balaban J connectivity index is 1.18. The first-order valence-corrected chi connectivity index (χ1v) is 15.1. The normalized spacial score (nSPS) is 19.1. The molecule has 1 aromatic carbocycles. The number of piperazine rings is 1. The van der Waals surface area contributed by atoms with Crippen molar-refractivity contribution in [2.75, 3.05) is 67.5 Å². The molecule has 4 heterocycles. The number of hydrogen-bond donors (Lipinski definition) is 3. The Bertz CT molecular complexity index is 1470. The van der Waals surface area contributed by atoms with Gasteiger partial charge in [0.15, 0.2) is 11.6 Å². The van der Waals surface area contributed by atoms with Gasteiger partial charge in [0.05, 0.1) is 28.6 Å². The first kappa shape index (κ1) is 29.4. The van der Waals surface area contributed by atoms with E-state index < -0.39 is 12.3 Å². The molecule has 3 fully saturated rings. The number of aryl methyl sites for hydroxylation is 1. The summed E-state index contributed by atoms with van der Waals surface area (Å²) < 4.78 is 10.7. The smallest absolute Gasteiger partial charge is 0.277 e. The van der Waals surface area contributed by atoms with Crippen LogP contribution in [0.5, 0.6) is 0 Å². The van der Waals surface area contributed by atoms with E-state index in [-0.39, 0.29) is 28.1 Å². The van der Waals surface area contributed by atoms with E-state index in [9.17, 15) is 14.7 Å². The topological polar surface area (TPSA) is 136 Å². The zero-order chi connectivity index (χ0) is 29.9. The molecular formula is C30H36ClN7O5. The number of ether oxygens (including phenoxy) is 1. The number of carbonyl (C=O) groups is 2. The van der Waals surface area contributed by atoms with Gasteiger partial charge in [-0.15, -0.1) is 0 Å². The van der Waals surface area contributed by atoms with Crippen LogP contribution in [-0.2, 0) is 4.74 Å². The van der Waals surface area contributed by atoms with Crippen LogP contribution in [0.25, 0.3) is 0 Å². The molecule has 3 N–H and O–H groups in total. The monoisotopic (exact) mass is 609 g/mol. The molecular weight excluding hydrogens is 574 g/mol. The van der Waals surface area contributed by atoms with Gasteiger partial charge in [-0.1, -0.05) is 17.7 Å². The van der Waals surface area contributed by atoms with Crippen molar-refractivity contribution in [1.82, 2.24) is 20.2 Å². The van der Waals surface area contributed by atoms with Gasteiger partial charge in [-0.3, -0.25) is 14.5 Å². The summed E-state index contributed by atoms with van der Waals surface area (Å²) in [5.41, 5.74) is 2.76. The van der Waals surface area contributed by atoms with Crippen LogP contribution in [0.1, 0.15) is 57.5 Å². The highest BCUT2D eigenvalue weighted by atomic mass is 35.5. The van der Waals surface area contributed by atoms with Gasteiger partial charge in [-0.05, 0) is 49.9 Å². The number of nitrogens with zero attached hydrogens (tertiary/aromatic N) is 5. The van der Waals surface area contributed by atoms with E-state index in [0.717, 1.165) is 43.0 Å². The van der Waals surface area contributed by atoms with E-state index in [1.54, 1.807) is 23.2 Å². The fourth-order valence-electron chi connectivity index (χ4n) is 5.45.